The molecule has 0 saturated carbocycles. The minimum Gasteiger partial charge on any atom is -0.312 e. The van der Waals surface area contributed by atoms with Crippen molar-refractivity contribution >= 4 is 0 Å². The average molecular weight is 181 g/mol. The zero-order valence-electron chi connectivity index (χ0n) is 9.13. The van der Waals surface area contributed by atoms with Crippen molar-refractivity contribution in [3.63, 3.8) is 0 Å². The Bertz CT molecular complexity index is 276. The van der Waals surface area contributed by atoms with Gasteiger partial charge in [0.05, 0.1) is 5.69 Å². The van der Waals surface area contributed by atoms with E-state index in [4.69, 9.17) is 0 Å². The number of nitrogens with zero attached hydrogens (tertiary/aromatic N) is 2. The summed E-state index contributed by atoms with van der Waals surface area (Å²) in [5, 5.41) is 7.64. The van der Waals surface area contributed by atoms with Gasteiger partial charge in [0.1, 0.15) is 0 Å². The number of aromatic nitrogens is 2. The van der Waals surface area contributed by atoms with Crippen LogP contribution in [0.15, 0.2) is 6.07 Å². The second-order valence-electron chi connectivity index (χ2n) is 3.78. The molecular weight excluding hydrogens is 162 g/mol. The van der Waals surface area contributed by atoms with E-state index in [0.717, 1.165) is 5.69 Å². The second-order valence-corrected chi connectivity index (χ2v) is 3.78. The molecule has 1 atom stereocenters. The monoisotopic (exact) mass is 181 g/mol. The topological polar surface area (TPSA) is 29.9 Å². The van der Waals surface area contributed by atoms with Crippen LogP contribution in [0.1, 0.15) is 44.1 Å². The fraction of sp³-hybridized carbons (Fsp3) is 0.700. The van der Waals surface area contributed by atoms with Gasteiger partial charge in [0.25, 0.3) is 0 Å². The molecule has 0 amide bonds. The normalized spacial score (nSPS) is 13.7. The molecule has 0 aliphatic rings. The molecule has 0 aliphatic carbocycles. The Labute approximate surface area is 80.1 Å². The highest BCUT2D eigenvalue weighted by Crippen LogP contribution is 2.18. The lowest BCUT2D eigenvalue weighted by atomic mass is 10.1. The van der Waals surface area contributed by atoms with Gasteiger partial charge in [-0.1, -0.05) is 13.8 Å². The summed E-state index contributed by atoms with van der Waals surface area (Å²) in [4.78, 5) is 0. The first-order valence-electron chi connectivity index (χ1n) is 4.77. The molecule has 1 heterocycles. The van der Waals surface area contributed by atoms with Gasteiger partial charge in [-0.2, -0.15) is 5.10 Å². The van der Waals surface area contributed by atoms with E-state index in [9.17, 15) is 0 Å². The van der Waals surface area contributed by atoms with E-state index in [-0.39, 0.29) is 0 Å². The van der Waals surface area contributed by atoms with Crippen LogP contribution < -0.4 is 5.32 Å². The quantitative estimate of drug-likeness (QED) is 0.771. The molecule has 0 radical (unpaired) electrons. The zero-order valence-corrected chi connectivity index (χ0v) is 9.13. The van der Waals surface area contributed by atoms with E-state index in [1.54, 1.807) is 0 Å². The number of hydrogen-bond donors (Lipinski definition) is 1. The van der Waals surface area contributed by atoms with Crippen molar-refractivity contribution in [2.24, 2.45) is 7.05 Å². The lowest BCUT2D eigenvalue weighted by molar-refractivity contribution is 0.602. The summed E-state index contributed by atoms with van der Waals surface area (Å²) < 4.78 is 1.97. The third-order valence-electron chi connectivity index (χ3n) is 2.40. The molecule has 0 aliphatic heterocycles. The average Bonchev–Trinajstić information content (AvgIpc) is 2.46. The molecule has 0 bridgehead atoms. The predicted octanol–water partition coefficient (Wildman–Crippen LogP) is 1.82. The van der Waals surface area contributed by atoms with Crippen LogP contribution in [-0.2, 0) is 7.05 Å². The van der Waals surface area contributed by atoms with Gasteiger partial charge in [-0.3, -0.25) is 4.68 Å². The molecule has 3 heteroatoms. The number of hydrogen-bond acceptors (Lipinski definition) is 2. The first-order valence-corrected chi connectivity index (χ1v) is 4.77. The van der Waals surface area contributed by atoms with Crippen molar-refractivity contribution < 1.29 is 0 Å². The molecule has 3 nitrogen and oxygen atoms in total. The second kappa shape index (κ2) is 3.92. The van der Waals surface area contributed by atoms with Gasteiger partial charge in [0, 0.05) is 18.8 Å². The van der Waals surface area contributed by atoms with Crippen LogP contribution in [0.4, 0.5) is 0 Å². The Balaban J connectivity index is 2.95. The van der Waals surface area contributed by atoms with Crippen molar-refractivity contribution in [1.29, 1.82) is 0 Å². The molecule has 0 fully saturated rings. The van der Waals surface area contributed by atoms with Crippen molar-refractivity contribution in [3.8, 4) is 0 Å². The van der Waals surface area contributed by atoms with Gasteiger partial charge in [-0.25, -0.2) is 0 Å². The molecule has 74 valence electrons. The minimum atomic E-state index is 0.332. The van der Waals surface area contributed by atoms with Crippen molar-refractivity contribution in [1.82, 2.24) is 15.1 Å². The fourth-order valence-corrected chi connectivity index (χ4v) is 1.40. The summed E-state index contributed by atoms with van der Waals surface area (Å²) in [6.45, 7) is 6.49. The van der Waals surface area contributed by atoms with Crippen molar-refractivity contribution in [3.05, 3.63) is 17.5 Å². The Hall–Kier alpha value is -0.830. The lowest BCUT2D eigenvalue weighted by Crippen LogP contribution is -2.13. The summed E-state index contributed by atoms with van der Waals surface area (Å²) in [6, 6.07) is 2.50. The summed E-state index contributed by atoms with van der Waals surface area (Å²) in [7, 11) is 3.95. The zero-order chi connectivity index (χ0) is 10.0. The Morgan fingerprint density at radius 1 is 1.38 bits per heavy atom. The van der Waals surface area contributed by atoms with Crippen LogP contribution in [0.25, 0.3) is 0 Å². The molecule has 0 spiro atoms. The summed E-state index contributed by atoms with van der Waals surface area (Å²) in [6.07, 6.45) is 0. The van der Waals surface area contributed by atoms with Gasteiger partial charge in [-0.15, -0.1) is 0 Å². The predicted molar refractivity (Wildman–Crippen MR) is 54.8 cm³/mol. The maximum atomic E-state index is 4.46. The largest absolute Gasteiger partial charge is 0.312 e. The SMILES string of the molecule is CNC(C)c1cc(C(C)C)n(C)n1. The van der Waals surface area contributed by atoms with Crippen LogP contribution in [0.3, 0.4) is 0 Å². The molecule has 0 saturated heterocycles. The number of nitrogens with one attached hydrogen (secondary N) is 1. The fourth-order valence-electron chi connectivity index (χ4n) is 1.40. The third-order valence-corrected chi connectivity index (χ3v) is 2.40. The van der Waals surface area contributed by atoms with E-state index in [2.05, 4.69) is 37.3 Å². The van der Waals surface area contributed by atoms with E-state index < -0.39 is 0 Å². The maximum Gasteiger partial charge on any atom is 0.0793 e. The Kier molecular flexibility index (Phi) is 3.09. The molecule has 13 heavy (non-hydrogen) atoms. The molecule has 1 aromatic rings. The first-order chi connectivity index (χ1) is 6.06. The van der Waals surface area contributed by atoms with Gasteiger partial charge in [-0.05, 0) is 26.0 Å². The van der Waals surface area contributed by atoms with Crippen LogP contribution in [-0.4, -0.2) is 16.8 Å². The summed E-state index contributed by atoms with van der Waals surface area (Å²) >= 11 is 0. The standard InChI is InChI=1S/C10H19N3/c1-7(2)10-6-9(8(3)11-4)12-13(10)5/h6-8,11H,1-5H3. The van der Waals surface area contributed by atoms with Crippen LogP contribution in [0.2, 0.25) is 0 Å². The summed E-state index contributed by atoms with van der Waals surface area (Å²) in [5.41, 5.74) is 2.41. The van der Waals surface area contributed by atoms with E-state index in [0.29, 0.717) is 12.0 Å². The van der Waals surface area contributed by atoms with Gasteiger partial charge in [0.2, 0.25) is 0 Å². The molecule has 1 unspecified atom stereocenters. The van der Waals surface area contributed by atoms with E-state index in [1.165, 1.54) is 5.69 Å². The van der Waals surface area contributed by atoms with Gasteiger partial charge < -0.3 is 5.32 Å². The molecule has 0 aromatic carbocycles. The van der Waals surface area contributed by atoms with Crippen LogP contribution >= 0.6 is 0 Å². The Morgan fingerprint density at radius 2 is 2.00 bits per heavy atom. The van der Waals surface area contributed by atoms with Gasteiger partial charge >= 0.3 is 0 Å². The van der Waals surface area contributed by atoms with Crippen LogP contribution in [0, 0.1) is 0 Å². The van der Waals surface area contributed by atoms with Crippen LogP contribution in [0.5, 0.6) is 0 Å². The highest BCUT2D eigenvalue weighted by molar-refractivity contribution is 5.15. The first kappa shape index (κ1) is 10.3. The molecular formula is C10H19N3. The molecule has 1 rings (SSSR count). The Morgan fingerprint density at radius 3 is 2.38 bits per heavy atom. The minimum absolute atomic E-state index is 0.332. The van der Waals surface area contributed by atoms with Crippen molar-refractivity contribution in [2.45, 2.75) is 32.7 Å². The third kappa shape index (κ3) is 2.10. The van der Waals surface area contributed by atoms with E-state index >= 15 is 0 Å². The highest BCUT2D eigenvalue weighted by atomic mass is 15.3. The highest BCUT2D eigenvalue weighted by Gasteiger charge is 2.11. The number of rotatable bonds is 3. The molecule has 1 N–H and O–H groups in total. The smallest absolute Gasteiger partial charge is 0.0793 e. The summed E-state index contributed by atoms with van der Waals surface area (Å²) in [5.74, 6) is 0.537. The van der Waals surface area contributed by atoms with Crippen molar-refractivity contribution in [2.75, 3.05) is 7.05 Å². The van der Waals surface area contributed by atoms with Gasteiger partial charge in [0.15, 0.2) is 0 Å². The lowest BCUT2D eigenvalue weighted by Gasteiger charge is -2.04. The van der Waals surface area contributed by atoms with E-state index in [1.807, 2.05) is 18.8 Å². The number of aryl methyl sites for hydroxylation is 1. The molecule has 1 aromatic heterocycles. The maximum absolute atomic E-state index is 4.46.